The molecular formula is C15H23NO. The van der Waals surface area contributed by atoms with Crippen molar-refractivity contribution in [3.63, 3.8) is 0 Å². The first kappa shape index (κ1) is 12.4. The molecule has 0 heterocycles. The van der Waals surface area contributed by atoms with E-state index in [9.17, 15) is 0 Å². The molecule has 1 N–H and O–H groups in total. The standard InChI is InChI=1S/C15H23NO/c1-4-7-16-13-9-14(10-13)17-15-8-11(2)5-6-12(15)3/h5-6,8,13-14,16H,4,7,9-10H2,1-3H3. The molecule has 0 aromatic heterocycles. The van der Waals surface area contributed by atoms with Gasteiger partial charge in [-0.2, -0.15) is 0 Å². The molecule has 17 heavy (non-hydrogen) atoms. The second-order valence-corrected chi connectivity index (χ2v) is 5.13. The Morgan fingerprint density at radius 1 is 1.29 bits per heavy atom. The van der Waals surface area contributed by atoms with E-state index < -0.39 is 0 Å². The molecule has 1 aromatic carbocycles. The van der Waals surface area contributed by atoms with Crippen LogP contribution in [0, 0.1) is 13.8 Å². The molecule has 1 fully saturated rings. The van der Waals surface area contributed by atoms with Crippen LogP contribution in [0.5, 0.6) is 5.75 Å². The van der Waals surface area contributed by atoms with Crippen LogP contribution in [0.1, 0.15) is 37.3 Å². The van der Waals surface area contributed by atoms with Gasteiger partial charge in [0.1, 0.15) is 11.9 Å². The predicted molar refractivity (Wildman–Crippen MR) is 71.6 cm³/mol. The molecule has 0 spiro atoms. The van der Waals surface area contributed by atoms with Gasteiger partial charge in [-0.3, -0.25) is 0 Å². The van der Waals surface area contributed by atoms with Gasteiger partial charge in [-0.05, 0) is 56.8 Å². The molecule has 1 aliphatic rings. The van der Waals surface area contributed by atoms with Crippen LogP contribution < -0.4 is 10.1 Å². The zero-order valence-corrected chi connectivity index (χ0v) is 11.1. The zero-order valence-electron chi connectivity index (χ0n) is 11.1. The van der Waals surface area contributed by atoms with Gasteiger partial charge in [-0.1, -0.05) is 19.1 Å². The molecular weight excluding hydrogens is 210 g/mol. The number of nitrogens with one attached hydrogen (secondary N) is 1. The Kier molecular flexibility index (Phi) is 4.06. The molecule has 0 unspecified atom stereocenters. The Balaban J connectivity index is 1.81. The van der Waals surface area contributed by atoms with Gasteiger partial charge in [0.15, 0.2) is 0 Å². The minimum atomic E-state index is 0.407. The first-order valence-corrected chi connectivity index (χ1v) is 6.66. The average Bonchev–Trinajstić information content (AvgIpc) is 2.26. The van der Waals surface area contributed by atoms with Crippen LogP contribution >= 0.6 is 0 Å². The van der Waals surface area contributed by atoms with E-state index in [2.05, 4.69) is 44.3 Å². The lowest BCUT2D eigenvalue weighted by Crippen LogP contribution is -2.47. The number of hydrogen-bond donors (Lipinski definition) is 1. The van der Waals surface area contributed by atoms with Crippen molar-refractivity contribution in [1.29, 1.82) is 0 Å². The maximum atomic E-state index is 6.03. The minimum absolute atomic E-state index is 0.407. The van der Waals surface area contributed by atoms with Crippen LogP contribution in [-0.4, -0.2) is 18.7 Å². The lowest BCUT2D eigenvalue weighted by Gasteiger charge is -2.36. The molecule has 94 valence electrons. The van der Waals surface area contributed by atoms with Crippen molar-refractivity contribution in [2.75, 3.05) is 6.54 Å². The van der Waals surface area contributed by atoms with Gasteiger partial charge in [0.2, 0.25) is 0 Å². The van der Waals surface area contributed by atoms with Gasteiger partial charge in [-0.15, -0.1) is 0 Å². The summed E-state index contributed by atoms with van der Waals surface area (Å²) in [7, 11) is 0. The fraction of sp³-hybridized carbons (Fsp3) is 0.600. The molecule has 0 radical (unpaired) electrons. The van der Waals surface area contributed by atoms with E-state index in [0.29, 0.717) is 12.1 Å². The highest BCUT2D eigenvalue weighted by Gasteiger charge is 2.30. The van der Waals surface area contributed by atoms with Crippen molar-refractivity contribution in [3.05, 3.63) is 29.3 Å². The topological polar surface area (TPSA) is 21.3 Å². The van der Waals surface area contributed by atoms with E-state index in [-0.39, 0.29) is 0 Å². The van der Waals surface area contributed by atoms with Crippen LogP contribution in [0.15, 0.2) is 18.2 Å². The summed E-state index contributed by atoms with van der Waals surface area (Å²) in [5.74, 6) is 1.06. The summed E-state index contributed by atoms with van der Waals surface area (Å²) in [6, 6.07) is 7.08. The number of aryl methyl sites for hydroxylation is 2. The molecule has 2 rings (SSSR count). The zero-order chi connectivity index (χ0) is 12.3. The SMILES string of the molecule is CCCNC1CC(Oc2cc(C)ccc2C)C1. The summed E-state index contributed by atoms with van der Waals surface area (Å²) in [5.41, 5.74) is 2.51. The van der Waals surface area contributed by atoms with Crippen molar-refractivity contribution < 1.29 is 4.74 Å². The Morgan fingerprint density at radius 3 is 2.76 bits per heavy atom. The molecule has 0 amide bonds. The first-order chi connectivity index (χ1) is 8.19. The molecule has 0 aliphatic heterocycles. The third-order valence-electron chi connectivity index (χ3n) is 3.42. The monoisotopic (exact) mass is 233 g/mol. The van der Waals surface area contributed by atoms with Crippen LogP contribution in [0.3, 0.4) is 0 Å². The normalized spacial score (nSPS) is 23.2. The second-order valence-electron chi connectivity index (χ2n) is 5.13. The summed E-state index contributed by atoms with van der Waals surface area (Å²) in [5, 5.41) is 3.53. The van der Waals surface area contributed by atoms with E-state index >= 15 is 0 Å². The average molecular weight is 233 g/mol. The van der Waals surface area contributed by atoms with Crippen LogP contribution in [0.2, 0.25) is 0 Å². The van der Waals surface area contributed by atoms with Gasteiger partial charge in [0.05, 0.1) is 0 Å². The molecule has 2 nitrogen and oxygen atoms in total. The highest BCUT2D eigenvalue weighted by Crippen LogP contribution is 2.28. The third kappa shape index (κ3) is 3.22. The van der Waals surface area contributed by atoms with Crippen molar-refractivity contribution in [2.24, 2.45) is 0 Å². The highest BCUT2D eigenvalue weighted by molar-refractivity contribution is 5.36. The van der Waals surface area contributed by atoms with Crippen molar-refractivity contribution >= 4 is 0 Å². The number of rotatable bonds is 5. The van der Waals surface area contributed by atoms with Gasteiger partial charge in [0, 0.05) is 6.04 Å². The third-order valence-corrected chi connectivity index (χ3v) is 3.42. The smallest absolute Gasteiger partial charge is 0.122 e. The Labute approximate surface area is 104 Å². The molecule has 1 aromatic rings. The summed E-state index contributed by atoms with van der Waals surface area (Å²) >= 11 is 0. The Hall–Kier alpha value is -1.02. The molecule has 1 aliphatic carbocycles. The van der Waals surface area contributed by atoms with Crippen LogP contribution in [0.4, 0.5) is 0 Å². The molecule has 1 saturated carbocycles. The second kappa shape index (κ2) is 5.54. The summed E-state index contributed by atoms with van der Waals surface area (Å²) < 4.78 is 6.03. The van der Waals surface area contributed by atoms with Crippen LogP contribution in [-0.2, 0) is 0 Å². The summed E-state index contributed by atoms with van der Waals surface area (Å²) in [6.07, 6.45) is 3.91. The number of hydrogen-bond acceptors (Lipinski definition) is 2. The van der Waals surface area contributed by atoms with Gasteiger partial charge in [0.25, 0.3) is 0 Å². The highest BCUT2D eigenvalue weighted by atomic mass is 16.5. The summed E-state index contributed by atoms with van der Waals surface area (Å²) in [4.78, 5) is 0. The molecule has 0 bridgehead atoms. The fourth-order valence-electron chi connectivity index (χ4n) is 2.19. The van der Waals surface area contributed by atoms with Crippen molar-refractivity contribution in [1.82, 2.24) is 5.32 Å². The Bertz CT molecular complexity index is 369. The molecule has 2 heteroatoms. The van der Waals surface area contributed by atoms with E-state index in [1.807, 2.05) is 0 Å². The van der Waals surface area contributed by atoms with E-state index in [0.717, 1.165) is 25.1 Å². The maximum Gasteiger partial charge on any atom is 0.122 e. The maximum absolute atomic E-state index is 6.03. The number of ether oxygens (including phenoxy) is 1. The molecule has 0 saturated heterocycles. The fourth-order valence-corrected chi connectivity index (χ4v) is 2.19. The van der Waals surface area contributed by atoms with Gasteiger partial charge in [-0.25, -0.2) is 0 Å². The van der Waals surface area contributed by atoms with E-state index in [4.69, 9.17) is 4.74 Å². The minimum Gasteiger partial charge on any atom is -0.490 e. The van der Waals surface area contributed by atoms with Gasteiger partial charge >= 0.3 is 0 Å². The first-order valence-electron chi connectivity index (χ1n) is 6.66. The van der Waals surface area contributed by atoms with E-state index in [1.165, 1.54) is 17.5 Å². The largest absolute Gasteiger partial charge is 0.490 e. The number of benzene rings is 1. The lowest BCUT2D eigenvalue weighted by molar-refractivity contribution is 0.0845. The Morgan fingerprint density at radius 2 is 2.06 bits per heavy atom. The van der Waals surface area contributed by atoms with Crippen LogP contribution in [0.25, 0.3) is 0 Å². The lowest BCUT2D eigenvalue weighted by atomic mass is 9.89. The quantitative estimate of drug-likeness (QED) is 0.843. The van der Waals surface area contributed by atoms with Gasteiger partial charge < -0.3 is 10.1 Å². The predicted octanol–water partition coefficient (Wildman–Crippen LogP) is 3.21. The van der Waals surface area contributed by atoms with Crippen molar-refractivity contribution in [3.8, 4) is 5.75 Å². The van der Waals surface area contributed by atoms with Crippen molar-refractivity contribution in [2.45, 2.75) is 52.2 Å². The summed E-state index contributed by atoms with van der Waals surface area (Å²) in [6.45, 7) is 7.55. The molecule has 0 atom stereocenters. The van der Waals surface area contributed by atoms with E-state index in [1.54, 1.807) is 0 Å².